The molecule has 3 atom stereocenters. The third-order valence-corrected chi connectivity index (χ3v) is 6.16. The number of hydrogen-bond donors (Lipinski definition) is 2. The van der Waals surface area contributed by atoms with E-state index in [4.69, 9.17) is 23.5 Å². The minimum absolute atomic E-state index is 0.322. The van der Waals surface area contributed by atoms with Gasteiger partial charge in [-0.3, -0.25) is 4.79 Å². The molecule has 1 aromatic carbocycles. The van der Waals surface area contributed by atoms with E-state index in [1.54, 1.807) is 27.7 Å². The summed E-state index contributed by atoms with van der Waals surface area (Å²) in [5.74, 6) is -0.257. The summed E-state index contributed by atoms with van der Waals surface area (Å²) in [6.07, 6.45) is -0.902. The van der Waals surface area contributed by atoms with Gasteiger partial charge < -0.3 is 34.2 Å². The second kappa shape index (κ2) is 11.6. The van der Waals surface area contributed by atoms with Gasteiger partial charge in [0.15, 0.2) is 0 Å². The number of benzene rings is 1. The van der Waals surface area contributed by atoms with Gasteiger partial charge in [-0.1, -0.05) is 18.2 Å². The number of methoxy groups -OCH3 is 1. The fourth-order valence-corrected chi connectivity index (χ4v) is 3.39. The van der Waals surface area contributed by atoms with Crippen LogP contribution in [-0.4, -0.2) is 67.7 Å². The molecule has 1 aromatic rings. The number of carbonyl (C=O) groups is 2. The molecule has 0 saturated carbocycles. The van der Waals surface area contributed by atoms with Gasteiger partial charge in [0.2, 0.25) is 5.91 Å². The van der Waals surface area contributed by atoms with E-state index in [9.17, 15) is 9.59 Å². The summed E-state index contributed by atoms with van der Waals surface area (Å²) in [5.41, 5.74) is -1.86. The second-order valence-corrected chi connectivity index (χ2v) is 10.8. The standard InChI is InChI=1S/C25H41BN2O7/c1-17(31-9)20(28-22(30)33-23(2,3)4)21(29)27-19(15-16-32-18-13-11-10-12-14-18)26-34-24(5,6)25(7,8)35-26/h10-14,17,19-20H,15-16H2,1-9H3,(H,27,29)(H,28,30)/t17-,19-,20+/m0/s1. The Balaban J connectivity index is 2.16. The normalized spacial score (nSPS) is 19.4. The predicted octanol–water partition coefficient (Wildman–Crippen LogP) is 3.50. The van der Waals surface area contributed by atoms with Crippen LogP contribution in [0.4, 0.5) is 4.79 Å². The molecule has 1 aliphatic heterocycles. The summed E-state index contributed by atoms with van der Waals surface area (Å²) < 4.78 is 29.0. The largest absolute Gasteiger partial charge is 0.494 e. The zero-order valence-electron chi connectivity index (χ0n) is 22.5. The summed E-state index contributed by atoms with van der Waals surface area (Å²) in [4.78, 5) is 25.8. The highest BCUT2D eigenvalue weighted by Gasteiger charge is 2.54. The number of carbonyl (C=O) groups excluding carboxylic acids is 2. The molecule has 196 valence electrons. The molecule has 1 heterocycles. The maximum absolute atomic E-state index is 13.4. The van der Waals surface area contributed by atoms with Crippen molar-refractivity contribution in [3.63, 3.8) is 0 Å². The van der Waals surface area contributed by atoms with E-state index >= 15 is 0 Å². The summed E-state index contributed by atoms with van der Waals surface area (Å²) in [6, 6.07) is 8.43. The number of nitrogens with one attached hydrogen (secondary N) is 2. The zero-order valence-corrected chi connectivity index (χ0v) is 22.5. The molecule has 35 heavy (non-hydrogen) atoms. The van der Waals surface area contributed by atoms with Gasteiger partial charge in [-0.2, -0.15) is 0 Å². The minimum Gasteiger partial charge on any atom is -0.494 e. The van der Waals surface area contributed by atoms with Crippen LogP contribution in [-0.2, 0) is 23.6 Å². The van der Waals surface area contributed by atoms with Gasteiger partial charge in [-0.25, -0.2) is 4.79 Å². The molecule has 1 saturated heterocycles. The van der Waals surface area contributed by atoms with E-state index in [1.165, 1.54) is 7.11 Å². The van der Waals surface area contributed by atoms with Gasteiger partial charge in [0, 0.05) is 13.5 Å². The van der Waals surface area contributed by atoms with Crippen molar-refractivity contribution < 1.29 is 33.1 Å². The van der Waals surface area contributed by atoms with Crippen molar-refractivity contribution in [3.8, 4) is 5.75 Å². The van der Waals surface area contributed by atoms with Crippen LogP contribution in [0.3, 0.4) is 0 Å². The Morgan fingerprint density at radius 2 is 1.60 bits per heavy atom. The maximum Gasteiger partial charge on any atom is 0.481 e. The Kier molecular flexibility index (Phi) is 9.61. The van der Waals surface area contributed by atoms with Crippen molar-refractivity contribution in [1.82, 2.24) is 10.6 Å². The van der Waals surface area contributed by atoms with Crippen LogP contribution in [0.15, 0.2) is 30.3 Å². The molecule has 0 aromatic heterocycles. The molecular weight excluding hydrogens is 451 g/mol. The molecule has 9 nitrogen and oxygen atoms in total. The number of para-hydroxylation sites is 1. The van der Waals surface area contributed by atoms with Crippen molar-refractivity contribution in [2.24, 2.45) is 0 Å². The quantitative estimate of drug-likeness (QED) is 0.482. The third kappa shape index (κ3) is 8.40. The molecule has 0 aliphatic carbocycles. The van der Waals surface area contributed by atoms with Crippen molar-refractivity contribution in [2.45, 2.75) is 96.7 Å². The number of rotatable bonds is 10. The smallest absolute Gasteiger partial charge is 0.481 e. The van der Waals surface area contributed by atoms with Gasteiger partial charge in [-0.05, 0) is 67.5 Å². The molecule has 2 amide bonds. The monoisotopic (exact) mass is 492 g/mol. The lowest BCUT2D eigenvalue weighted by atomic mass is 9.76. The van der Waals surface area contributed by atoms with Crippen LogP contribution < -0.4 is 15.4 Å². The summed E-state index contributed by atoms with van der Waals surface area (Å²) >= 11 is 0. The summed E-state index contributed by atoms with van der Waals surface area (Å²) in [5, 5.41) is 5.61. The van der Waals surface area contributed by atoms with Crippen molar-refractivity contribution in [2.75, 3.05) is 13.7 Å². The number of ether oxygens (including phenoxy) is 3. The SMILES string of the molecule is CO[C@@H](C)[C@@H](NC(=O)OC(C)(C)C)C(=O)N[C@@H](CCOc1ccccc1)B1OC(C)(C)C(C)(C)O1. The molecule has 2 rings (SSSR count). The van der Waals surface area contributed by atoms with Crippen LogP contribution >= 0.6 is 0 Å². The molecule has 0 bridgehead atoms. The Bertz CT molecular complexity index is 826. The van der Waals surface area contributed by atoms with E-state index < -0.39 is 54.0 Å². The average molecular weight is 492 g/mol. The molecule has 1 aliphatic rings. The number of alkyl carbamates (subject to hydrolysis) is 1. The van der Waals surface area contributed by atoms with Gasteiger partial charge in [0.25, 0.3) is 0 Å². The first-order chi connectivity index (χ1) is 16.1. The fourth-order valence-electron chi connectivity index (χ4n) is 3.39. The van der Waals surface area contributed by atoms with E-state index in [2.05, 4.69) is 10.6 Å². The van der Waals surface area contributed by atoms with E-state index in [0.29, 0.717) is 13.0 Å². The lowest BCUT2D eigenvalue weighted by Gasteiger charge is -2.32. The Hall–Kier alpha value is -2.30. The summed E-state index contributed by atoms with van der Waals surface area (Å²) in [6.45, 7) is 15.1. The average Bonchev–Trinajstić information content (AvgIpc) is 2.97. The first-order valence-corrected chi connectivity index (χ1v) is 12.0. The lowest BCUT2D eigenvalue weighted by Crippen LogP contribution is -2.58. The van der Waals surface area contributed by atoms with Crippen LogP contribution in [0.5, 0.6) is 5.75 Å². The van der Waals surface area contributed by atoms with Crippen LogP contribution in [0.25, 0.3) is 0 Å². The fraction of sp³-hybridized carbons (Fsp3) is 0.680. The highest BCUT2D eigenvalue weighted by molar-refractivity contribution is 6.48. The second-order valence-electron chi connectivity index (χ2n) is 10.8. The van der Waals surface area contributed by atoms with E-state index in [1.807, 2.05) is 58.0 Å². The topological polar surface area (TPSA) is 104 Å². The highest BCUT2D eigenvalue weighted by atomic mass is 16.7. The minimum atomic E-state index is -0.991. The first kappa shape index (κ1) is 28.9. The maximum atomic E-state index is 13.4. The Morgan fingerprint density at radius 3 is 2.11 bits per heavy atom. The molecule has 0 unspecified atom stereocenters. The number of hydrogen-bond acceptors (Lipinski definition) is 7. The van der Waals surface area contributed by atoms with Gasteiger partial charge in [0.05, 0.1) is 29.9 Å². The molecule has 1 fully saturated rings. The Morgan fingerprint density at radius 1 is 1.03 bits per heavy atom. The van der Waals surface area contributed by atoms with Crippen LogP contribution in [0, 0.1) is 0 Å². The van der Waals surface area contributed by atoms with Crippen LogP contribution in [0.2, 0.25) is 0 Å². The van der Waals surface area contributed by atoms with Gasteiger partial charge in [0.1, 0.15) is 17.4 Å². The van der Waals surface area contributed by atoms with E-state index in [0.717, 1.165) is 5.75 Å². The molecule has 10 heteroatoms. The van der Waals surface area contributed by atoms with Crippen molar-refractivity contribution >= 4 is 19.1 Å². The number of amides is 2. The molecule has 0 spiro atoms. The van der Waals surface area contributed by atoms with Gasteiger partial charge in [-0.15, -0.1) is 0 Å². The summed E-state index contributed by atoms with van der Waals surface area (Å²) in [7, 11) is 0.768. The first-order valence-electron chi connectivity index (χ1n) is 12.0. The van der Waals surface area contributed by atoms with Crippen molar-refractivity contribution in [1.29, 1.82) is 0 Å². The van der Waals surface area contributed by atoms with Crippen LogP contribution in [0.1, 0.15) is 61.8 Å². The van der Waals surface area contributed by atoms with E-state index in [-0.39, 0.29) is 0 Å². The Labute approximate surface area is 209 Å². The molecule has 2 N–H and O–H groups in total. The predicted molar refractivity (Wildman–Crippen MR) is 134 cm³/mol. The zero-order chi connectivity index (χ0) is 26.4. The molecular formula is C25H41BN2O7. The third-order valence-electron chi connectivity index (χ3n) is 6.16. The van der Waals surface area contributed by atoms with Crippen molar-refractivity contribution in [3.05, 3.63) is 30.3 Å². The lowest BCUT2D eigenvalue weighted by molar-refractivity contribution is -0.126. The van der Waals surface area contributed by atoms with Gasteiger partial charge >= 0.3 is 13.2 Å². The highest BCUT2D eigenvalue weighted by Crippen LogP contribution is 2.37. The molecule has 0 radical (unpaired) electrons.